The van der Waals surface area contributed by atoms with Gasteiger partial charge in [-0.3, -0.25) is 10.1 Å². The fraction of sp³-hybridized carbons (Fsp3) is 0.933. The van der Waals surface area contributed by atoms with Crippen LogP contribution in [0.5, 0.6) is 0 Å². The Labute approximate surface area is 117 Å². The summed E-state index contributed by atoms with van der Waals surface area (Å²) in [5, 5.41) is 3.42. The standard InChI is InChI=1S/C15H30N2O2/c1-6-13-15(18)17(14(16-13)12(4)5)8-10-19-9-7-11(2)3/h11-14,16H,6-10H2,1-5H3. The highest BCUT2D eigenvalue weighted by Gasteiger charge is 2.38. The van der Waals surface area contributed by atoms with Gasteiger partial charge in [-0.1, -0.05) is 34.6 Å². The van der Waals surface area contributed by atoms with E-state index in [1.165, 1.54) is 0 Å². The lowest BCUT2D eigenvalue weighted by Gasteiger charge is -2.27. The summed E-state index contributed by atoms with van der Waals surface area (Å²) in [4.78, 5) is 14.2. The Kier molecular flexibility index (Phi) is 6.80. The van der Waals surface area contributed by atoms with Crippen LogP contribution < -0.4 is 5.32 Å². The van der Waals surface area contributed by atoms with Crippen molar-refractivity contribution in [3.05, 3.63) is 0 Å². The monoisotopic (exact) mass is 270 g/mol. The minimum Gasteiger partial charge on any atom is -0.380 e. The highest BCUT2D eigenvalue weighted by Crippen LogP contribution is 2.18. The summed E-state index contributed by atoms with van der Waals surface area (Å²) in [6, 6.07) is -0.0111. The molecule has 2 unspecified atom stereocenters. The molecule has 19 heavy (non-hydrogen) atoms. The number of nitrogens with one attached hydrogen (secondary N) is 1. The smallest absolute Gasteiger partial charge is 0.241 e. The molecule has 4 nitrogen and oxygen atoms in total. The van der Waals surface area contributed by atoms with Crippen LogP contribution in [0, 0.1) is 11.8 Å². The first-order chi connectivity index (χ1) is 8.97. The molecule has 1 saturated heterocycles. The fourth-order valence-corrected chi connectivity index (χ4v) is 2.38. The van der Waals surface area contributed by atoms with E-state index in [4.69, 9.17) is 4.74 Å². The number of rotatable bonds is 8. The number of nitrogens with zero attached hydrogens (tertiary/aromatic N) is 1. The Morgan fingerprint density at radius 1 is 1.26 bits per heavy atom. The number of hydrogen-bond acceptors (Lipinski definition) is 3. The van der Waals surface area contributed by atoms with Gasteiger partial charge in [0.2, 0.25) is 5.91 Å². The fourth-order valence-electron chi connectivity index (χ4n) is 2.38. The molecule has 0 aromatic heterocycles. The second kappa shape index (κ2) is 7.85. The summed E-state index contributed by atoms with van der Waals surface area (Å²) in [5.41, 5.74) is 0. The Balaban J connectivity index is 2.38. The normalized spacial score (nSPS) is 23.9. The van der Waals surface area contributed by atoms with Crippen LogP contribution in [0.15, 0.2) is 0 Å². The molecule has 0 aliphatic carbocycles. The van der Waals surface area contributed by atoms with Gasteiger partial charge in [0.05, 0.1) is 18.8 Å². The van der Waals surface area contributed by atoms with Gasteiger partial charge in [0, 0.05) is 13.2 Å². The van der Waals surface area contributed by atoms with Gasteiger partial charge in [0.1, 0.15) is 0 Å². The number of hydrogen-bond donors (Lipinski definition) is 1. The van der Waals surface area contributed by atoms with Crippen LogP contribution in [0.1, 0.15) is 47.5 Å². The molecule has 1 rings (SSSR count). The summed E-state index contributed by atoms with van der Waals surface area (Å²) >= 11 is 0. The van der Waals surface area contributed by atoms with Crippen LogP contribution in [0.25, 0.3) is 0 Å². The zero-order valence-corrected chi connectivity index (χ0v) is 13.1. The molecular formula is C15H30N2O2. The number of carbonyl (C=O) groups excluding carboxylic acids is 1. The Morgan fingerprint density at radius 2 is 1.95 bits per heavy atom. The summed E-state index contributed by atoms with van der Waals surface area (Å²) in [6.45, 7) is 12.9. The second-order valence-electron chi connectivity index (χ2n) is 6.14. The van der Waals surface area contributed by atoms with Gasteiger partial charge < -0.3 is 9.64 Å². The van der Waals surface area contributed by atoms with E-state index in [0.29, 0.717) is 25.0 Å². The lowest BCUT2D eigenvalue weighted by atomic mass is 10.1. The third-order valence-electron chi connectivity index (χ3n) is 3.64. The summed E-state index contributed by atoms with van der Waals surface area (Å²) in [5.74, 6) is 1.33. The van der Waals surface area contributed by atoms with E-state index in [1.54, 1.807) is 0 Å². The molecule has 0 spiro atoms. The number of carbonyl (C=O) groups is 1. The van der Waals surface area contributed by atoms with Crippen LogP contribution >= 0.6 is 0 Å². The SMILES string of the molecule is CCC1NC(C(C)C)N(CCOCCC(C)C)C1=O. The zero-order chi connectivity index (χ0) is 14.4. The van der Waals surface area contributed by atoms with Crippen molar-refractivity contribution < 1.29 is 9.53 Å². The predicted molar refractivity (Wildman–Crippen MR) is 77.8 cm³/mol. The van der Waals surface area contributed by atoms with Crippen LogP contribution in [0.3, 0.4) is 0 Å². The second-order valence-corrected chi connectivity index (χ2v) is 6.14. The number of ether oxygens (including phenoxy) is 1. The molecule has 1 aliphatic rings. The molecule has 0 radical (unpaired) electrons. The van der Waals surface area contributed by atoms with Gasteiger partial charge in [0.15, 0.2) is 0 Å². The van der Waals surface area contributed by atoms with Gasteiger partial charge in [-0.25, -0.2) is 0 Å². The third kappa shape index (κ3) is 4.77. The highest BCUT2D eigenvalue weighted by molar-refractivity contribution is 5.84. The van der Waals surface area contributed by atoms with Gasteiger partial charge >= 0.3 is 0 Å². The van der Waals surface area contributed by atoms with Crippen molar-refractivity contribution in [2.45, 2.75) is 59.7 Å². The van der Waals surface area contributed by atoms with Crippen molar-refractivity contribution in [2.75, 3.05) is 19.8 Å². The van der Waals surface area contributed by atoms with E-state index in [2.05, 4.69) is 39.9 Å². The van der Waals surface area contributed by atoms with Crippen molar-refractivity contribution in [1.29, 1.82) is 0 Å². The maximum Gasteiger partial charge on any atom is 0.241 e. The molecule has 1 fully saturated rings. The summed E-state index contributed by atoms with van der Waals surface area (Å²) in [7, 11) is 0. The van der Waals surface area contributed by atoms with E-state index in [1.807, 2.05) is 4.90 Å². The maximum absolute atomic E-state index is 12.2. The molecule has 1 N–H and O–H groups in total. The minimum absolute atomic E-state index is 0.0111. The van der Waals surface area contributed by atoms with E-state index in [-0.39, 0.29) is 18.1 Å². The topological polar surface area (TPSA) is 41.6 Å². The van der Waals surface area contributed by atoms with Crippen molar-refractivity contribution in [3.63, 3.8) is 0 Å². The lowest BCUT2D eigenvalue weighted by molar-refractivity contribution is -0.131. The predicted octanol–water partition coefficient (Wildman–Crippen LogP) is 2.24. The van der Waals surface area contributed by atoms with Gasteiger partial charge in [-0.05, 0) is 24.7 Å². The van der Waals surface area contributed by atoms with Crippen molar-refractivity contribution >= 4 is 5.91 Å². The highest BCUT2D eigenvalue weighted by atomic mass is 16.5. The first kappa shape index (κ1) is 16.4. The van der Waals surface area contributed by atoms with E-state index in [0.717, 1.165) is 19.4 Å². The van der Waals surface area contributed by atoms with Gasteiger partial charge in [-0.2, -0.15) is 0 Å². The molecule has 4 heteroatoms. The average molecular weight is 270 g/mol. The maximum atomic E-state index is 12.2. The van der Waals surface area contributed by atoms with Crippen molar-refractivity contribution in [1.82, 2.24) is 10.2 Å². The quantitative estimate of drug-likeness (QED) is 0.688. The average Bonchev–Trinajstić information content (AvgIpc) is 2.66. The van der Waals surface area contributed by atoms with Crippen molar-refractivity contribution in [3.8, 4) is 0 Å². The Morgan fingerprint density at radius 3 is 2.47 bits per heavy atom. The number of amides is 1. The minimum atomic E-state index is -0.0111. The van der Waals surface area contributed by atoms with E-state index in [9.17, 15) is 4.79 Å². The van der Waals surface area contributed by atoms with Crippen LogP contribution in [0.2, 0.25) is 0 Å². The Hall–Kier alpha value is -0.610. The molecule has 1 heterocycles. The summed E-state index contributed by atoms with van der Waals surface area (Å²) in [6.07, 6.45) is 2.09. The molecule has 0 aromatic carbocycles. The lowest BCUT2D eigenvalue weighted by Crippen LogP contribution is -2.43. The van der Waals surface area contributed by atoms with Gasteiger partial charge in [-0.15, -0.1) is 0 Å². The molecular weight excluding hydrogens is 240 g/mol. The third-order valence-corrected chi connectivity index (χ3v) is 3.64. The molecule has 112 valence electrons. The first-order valence-corrected chi connectivity index (χ1v) is 7.61. The zero-order valence-electron chi connectivity index (χ0n) is 13.1. The first-order valence-electron chi connectivity index (χ1n) is 7.61. The van der Waals surface area contributed by atoms with E-state index < -0.39 is 0 Å². The van der Waals surface area contributed by atoms with E-state index >= 15 is 0 Å². The summed E-state index contributed by atoms with van der Waals surface area (Å²) < 4.78 is 5.63. The van der Waals surface area contributed by atoms with Crippen molar-refractivity contribution in [2.24, 2.45) is 11.8 Å². The molecule has 0 saturated carbocycles. The largest absolute Gasteiger partial charge is 0.380 e. The van der Waals surface area contributed by atoms with Crippen LogP contribution in [-0.4, -0.2) is 42.8 Å². The molecule has 0 aromatic rings. The Bertz CT molecular complexity index is 279. The molecule has 0 bridgehead atoms. The molecule has 2 atom stereocenters. The molecule has 1 amide bonds. The molecule has 1 aliphatic heterocycles. The van der Waals surface area contributed by atoms with Gasteiger partial charge in [0.25, 0.3) is 0 Å². The van der Waals surface area contributed by atoms with Crippen LogP contribution in [0.4, 0.5) is 0 Å². The van der Waals surface area contributed by atoms with Crippen LogP contribution in [-0.2, 0) is 9.53 Å².